The molecule has 1 fully saturated rings. The van der Waals surface area contributed by atoms with Gasteiger partial charge >= 0.3 is 0 Å². The van der Waals surface area contributed by atoms with Gasteiger partial charge in [-0.25, -0.2) is 13.1 Å². The zero-order chi connectivity index (χ0) is 14.8. The van der Waals surface area contributed by atoms with Crippen LogP contribution in [0.2, 0.25) is 0 Å². The Morgan fingerprint density at radius 3 is 2.55 bits per heavy atom. The van der Waals surface area contributed by atoms with Gasteiger partial charge in [0.2, 0.25) is 10.0 Å². The van der Waals surface area contributed by atoms with Crippen LogP contribution in [0.25, 0.3) is 0 Å². The summed E-state index contributed by atoms with van der Waals surface area (Å²) < 4.78 is 28.9. The molecule has 0 atom stereocenters. The van der Waals surface area contributed by atoms with Gasteiger partial charge in [0.25, 0.3) is 0 Å². The average Bonchev–Trinajstić information content (AvgIpc) is 2.42. The first-order valence-electron chi connectivity index (χ1n) is 6.43. The number of halogens is 2. The first-order chi connectivity index (χ1) is 9.40. The maximum Gasteiger partial charge on any atom is 0.241 e. The highest BCUT2D eigenvalue weighted by molar-refractivity contribution is 9.11. The molecule has 0 amide bonds. The van der Waals surface area contributed by atoms with Crippen LogP contribution in [0.5, 0.6) is 0 Å². The third-order valence-electron chi connectivity index (χ3n) is 3.41. The first-order valence-corrected chi connectivity index (χ1v) is 10.7. The molecule has 0 unspecified atom stereocenters. The summed E-state index contributed by atoms with van der Waals surface area (Å²) in [5.41, 5.74) is 1.00. The summed E-state index contributed by atoms with van der Waals surface area (Å²) in [5, 5.41) is 0. The predicted octanol–water partition coefficient (Wildman–Crippen LogP) is 3.94. The molecular weight excluding hydrogens is 426 g/mol. The quantitative estimate of drug-likeness (QED) is 0.767. The van der Waals surface area contributed by atoms with Gasteiger partial charge in [-0.3, -0.25) is 0 Å². The molecule has 3 nitrogen and oxygen atoms in total. The van der Waals surface area contributed by atoms with Gasteiger partial charge in [0.15, 0.2) is 0 Å². The zero-order valence-corrected chi connectivity index (χ0v) is 16.0. The monoisotopic (exact) mass is 441 g/mol. The zero-order valence-electron chi connectivity index (χ0n) is 11.2. The van der Waals surface area contributed by atoms with E-state index >= 15 is 0 Å². The van der Waals surface area contributed by atoms with Crippen LogP contribution < -0.4 is 4.72 Å². The SMILES string of the molecule is Cc1cc(Br)c(S(=O)(=O)NCC2CCSCC2)cc1Br. The summed E-state index contributed by atoms with van der Waals surface area (Å²) in [4.78, 5) is 0.292. The molecule has 112 valence electrons. The Morgan fingerprint density at radius 1 is 1.25 bits per heavy atom. The van der Waals surface area contributed by atoms with Gasteiger partial charge < -0.3 is 0 Å². The Morgan fingerprint density at radius 2 is 1.90 bits per heavy atom. The summed E-state index contributed by atoms with van der Waals surface area (Å²) in [7, 11) is -3.46. The third-order valence-corrected chi connectivity index (χ3v) is 7.69. The molecule has 1 aromatic rings. The van der Waals surface area contributed by atoms with Crippen LogP contribution in [0, 0.1) is 12.8 Å². The van der Waals surface area contributed by atoms with Gasteiger partial charge in [0.05, 0.1) is 4.90 Å². The van der Waals surface area contributed by atoms with Gasteiger partial charge in [0.1, 0.15) is 0 Å². The van der Waals surface area contributed by atoms with E-state index in [-0.39, 0.29) is 0 Å². The molecule has 1 saturated heterocycles. The lowest BCUT2D eigenvalue weighted by atomic mass is 10.0. The van der Waals surface area contributed by atoms with Crippen molar-refractivity contribution in [2.24, 2.45) is 5.92 Å². The summed E-state index contributed by atoms with van der Waals surface area (Å²) in [6.45, 7) is 2.46. The van der Waals surface area contributed by atoms with E-state index < -0.39 is 10.0 Å². The fraction of sp³-hybridized carbons (Fsp3) is 0.538. The predicted molar refractivity (Wildman–Crippen MR) is 91.8 cm³/mol. The molecule has 1 aliphatic rings. The molecule has 0 bridgehead atoms. The molecule has 0 saturated carbocycles. The molecule has 7 heteroatoms. The average molecular weight is 443 g/mol. The topological polar surface area (TPSA) is 46.2 Å². The largest absolute Gasteiger partial charge is 0.241 e. The molecule has 1 aliphatic heterocycles. The highest BCUT2D eigenvalue weighted by Gasteiger charge is 2.21. The van der Waals surface area contributed by atoms with Crippen LogP contribution >= 0.6 is 43.6 Å². The van der Waals surface area contributed by atoms with E-state index in [4.69, 9.17) is 0 Å². The van der Waals surface area contributed by atoms with Crippen molar-refractivity contribution in [3.8, 4) is 0 Å². The van der Waals surface area contributed by atoms with Crippen LogP contribution in [0.1, 0.15) is 18.4 Å². The van der Waals surface area contributed by atoms with Crippen molar-refractivity contribution in [2.45, 2.75) is 24.7 Å². The van der Waals surface area contributed by atoms with Gasteiger partial charge in [-0.2, -0.15) is 11.8 Å². The van der Waals surface area contributed by atoms with Crippen LogP contribution in [0.4, 0.5) is 0 Å². The number of rotatable bonds is 4. The van der Waals surface area contributed by atoms with Crippen molar-refractivity contribution in [1.82, 2.24) is 4.72 Å². The molecule has 1 aromatic carbocycles. The van der Waals surface area contributed by atoms with Crippen LogP contribution in [0.3, 0.4) is 0 Å². The Kier molecular flexibility index (Phi) is 5.99. The van der Waals surface area contributed by atoms with Crippen molar-refractivity contribution in [1.29, 1.82) is 0 Å². The van der Waals surface area contributed by atoms with E-state index in [2.05, 4.69) is 36.6 Å². The Hall–Kier alpha value is 0.440. The van der Waals surface area contributed by atoms with Crippen LogP contribution in [-0.2, 0) is 10.0 Å². The van der Waals surface area contributed by atoms with Crippen molar-refractivity contribution in [3.63, 3.8) is 0 Å². The second-order valence-electron chi connectivity index (χ2n) is 4.94. The van der Waals surface area contributed by atoms with Gasteiger partial charge in [-0.05, 0) is 70.8 Å². The first kappa shape index (κ1) is 16.8. The molecule has 0 spiro atoms. The molecule has 2 rings (SSSR count). The van der Waals surface area contributed by atoms with E-state index in [1.165, 1.54) is 0 Å². The van der Waals surface area contributed by atoms with Crippen molar-refractivity contribution >= 4 is 53.6 Å². The maximum absolute atomic E-state index is 12.4. The third kappa shape index (κ3) is 4.22. The van der Waals surface area contributed by atoms with E-state index in [1.807, 2.05) is 24.8 Å². The lowest BCUT2D eigenvalue weighted by molar-refractivity contribution is 0.476. The second-order valence-corrected chi connectivity index (χ2v) is 9.61. The van der Waals surface area contributed by atoms with Crippen LogP contribution in [0.15, 0.2) is 26.0 Å². The summed E-state index contributed by atoms with van der Waals surface area (Å²) >= 11 is 8.67. The molecule has 0 aliphatic carbocycles. The Bertz CT molecular complexity index is 584. The fourth-order valence-electron chi connectivity index (χ4n) is 2.09. The number of thioether (sulfide) groups is 1. The van der Waals surface area contributed by atoms with E-state index in [0.29, 0.717) is 21.8 Å². The number of nitrogens with one attached hydrogen (secondary N) is 1. The van der Waals surface area contributed by atoms with Gasteiger partial charge in [0, 0.05) is 15.5 Å². The second kappa shape index (κ2) is 7.13. The summed E-state index contributed by atoms with van der Waals surface area (Å²) in [5.74, 6) is 2.72. The molecular formula is C13H17Br2NO2S2. The summed E-state index contributed by atoms with van der Waals surface area (Å²) in [6.07, 6.45) is 2.18. The highest BCUT2D eigenvalue weighted by atomic mass is 79.9. The van der Waals surface area contributed by atoms with Crippen molar-refractivity contribution < 1.29 is 8.42 Å². The fourth-order valence-corrected chi connectivity index (χ4v) is 6.09. The number of aryl methyl sites for hydroxylation is 1. The number of sulfonamides is 1. The maximum atomic E-state index is 12.4. The molecule has 0 aromatic heterocycles. The smallest absolute Gasteiger partial charge is 0.211 e. The number of benzene rings is 1. The Labute approximate surface area is 141 Å². The lowest BCUT2D eigenvalue weighted by Crippen LogP contribution is -2.31. The van der Waals surface area contributed by atoms with Gasteiger partial charge in [-0.15, -0.1) is 0 Å². The molecule has 1 heterocycles. The van der Waals surface area contributed by atoms with Crippen molar-refractivity contribution in [3.05, 3.63) is 26.6 Å². The molecule has 1 N–H and O–H groups in total. The van der Waals surface area contributed by atoms with E-state index in [1.54, 1.807) is 6.07 Å². The minimum absolute atomic E-state index is 0.292. The van der Waals surface area contributed by atoms with Crippen molar-refractivity contribution in [2.75, 3.05) is 18.1 Å². The minimum atomic E-state index is -3.46. The van der Waals surface area contributed by atoms with Gasteiger partial charge in [-0.1, -0.05) is 15.9 Å². The highest BCUT2D eigenvalue weighted by Crippen LogP contribution is 2.29. The number of hydrogen-bond donors (Lipinski definition) is 1. The Balaban J connectivity index is 2.11. The summed E-state index contributed by atoms with van der Waals surface area (Å²) in [6, 6.07) is 3.47. The normalized spacial score (nSPS) is 17.4. The standard InChI is InChI=1S/C13H17Br2NO2S2/c1-9-6-12(15)13(7-11(9)14)20(17,18)16-8-10-2-4-19-5-3-10/h6-7,10,16H,2-5,8H2,1H3. The lowest BCUT2D eigenvalue weighted by Gasteiger charge is -2.21. The molecule has 0 radical (unpaired) electrons. The number of hydrogen-bond acceptors (Lipinski definition) is 3. The van der Waals surface area contributed by atoms with E-state index in [9.17, 15) is 8.42 Å². The molecule has 20 heavy (non-hydrogen) atoms. The van der Waals surface area contributed by atoms with E-state index in [0.717, 1.165) is 34.4 Å². The minimum Gasteiger partial charge on any atom is -0.211 e. The van der Waals surface area contributed by atoms with Crippen LogP contribution in [-0.4, -0.2) is 26.5 Å².